The first-order valence-corrected chi connectivity index (χ1v) is 7.48. The molecule has 1 aromatic heterocycles. The number of aromatic amines is 1. The maximum atomic E-state index is 13.0. The molecule has 0 saturated heterocycles. The minimum atomic E-state index is -0.608. The summed E-state index contributed by atoms with van der Waals surface area (Å²) in [6.45, 7) is 0. The van der Waals surface area contributed by atoms with E-state index in [0.717, 1.165) is 11.8 Å². The summed E-state index contributed by atoms with van der Waals surface area (Å²) in [7, 11) is 0. The van der Waals surface area contributed by atoms with Gasteiger partial charge in [-0.05, 0) is 18.2 Å². The predicted octanol–water partition coefficient (Wildman–Crippen LogP) is 0.668. The number of primary amides is 1. The van der Waals surface area contributed by atoms with Crippen molar-refractivity contribution in [3.8, 4) is 0 Å². The van der Waals surface area contributed by atoms with E-state index in [1.807, 2.05) is 0 Å². The number of benzene rings is 1. The minimum Gasteiger partial charge on any atom is -0.369 e. The molecule has 23 heavy (non-hydrogen) atoms. The fourth-order valence-corrected chi connectivity index (χ4v) is 2.41. The molecule has 7 nitrogen and oxygen atoms in total. The van der Waals surface area contributed by atoms with Crippen LogP contribution in [-0.2, 0) is 16.0 Å². The fraction of sp³-hybridized carbons (Fsp3) is 0.143. The average Bonchev–Trinajstić information content (AvgIpc) is 2.44. The molecule has 1 aromatic carbocycles. The van der Waals surface area contributed by atoms with E-state index in [9.17, 15) is 18.8 Å². The Morgan fingerprint density at radius 3 is 2.83 bits per heavy atom. The van der Waals surface area contributed by atoms with Crippen LogP contribution in [0.5, 0.6) is 0 Å². The first-order valence-electron chi connectivity index (χ1n) is 6.49. The van der Waals surface area contributed by atoms with Crippen molar-refractivity contribution in [2.75, 3.05) is 11.1 Å². The van der Waals surface area contributed by atoms with Crippen LogP contribution >= 0.6 is 11.8 Å². The molecule has 4 N–H and O–H groups in total. The van der Waals surface area contributed by atoms with Gasteiger partial charge in [-0.15, -0.1) is 0 Å². The van der Waals surface area contributed by atoms with Gasteiger partial charge in [0.2, 0.25) is 11.8 Å². The number of amides is 2. The van der Waals surface area contributed by atoms with Crippen LogP contribution in [0.15, 0.2) is 40.3 Å². The van der Waals surface area contributed by atoms with E-state index in [1.165, 1.54) is 24.3 Å². The second-order valence-electron chi connectivity index (χ2n) is 4.53. The Bertz CT molecular complexity index is 794. The van der Waals surface area contributed by atoms with Crippen LogP contribution in [-0.4, -0.2) is 27.5 Å². The summed E-state index contributed by atoms with van der Waals surface area (Å²) in [5.74, 6) is -1.49. The molecule has 9 heteroatoms. The summed E-state index contributed by atoms with van der Waals surface area (Å²) in [5, 5.41) is 2.72. The Morgan fingerprint density at radius 1 is 1.35 bits per heavy atom. The highest BCUT2D eigenvalue weighted by atomic mass is 32.2. The topological polar surface area (TPSA) is 118 Å². The number of hydrogen-bond donors (Lipinski definition) is 3. The first-order chi connectivity index (χ1) is 10.9. The third-order valence-corrected chi connectivity index (χ3v) is 3.45. The van der Waals surface area contributed by atoms with Crippen molar-refractivity contribution in [3.05, 3.63) is 52.2 Å². The van der Waals surface area contributed by atoms with Gasteiger partial charge in [0.15, 0.2) is 5.16 Å². The van der Waals surface area contributed by atoms with E-state index >= 15 is 0 Å². The lowest BCUT2D eigenvalue weighted by Gasteiger charge is -2.05. The van der Waals surface area contributed by atoms with Gasteiger partial charge in [0.25, 0.3) is 5.56 Å². The van der Waals surface area contributed by atoms with Crippen molar-refractivity contribution in [2.45, 2.75) is 11.6 Å². The molecule has 2 amide bonds. The molecule has 2 aromatic rings. The predicted molar refractivity (Wildman–Crippen MR) is 83.5 cm³/mol. The van der Waals surface area contributed by atoms with E-state index in [0.29, 0.717) is 5.69 Å². The molecule has 0 spiro atoms. The lowest BCUT2D eigenvalue weighted by Crippen LogP contribution is -2.19. The molecular formula is C14H13FN4O3S. The summed E-state index contributed by atoms with van der Waals surface area (Å²) in [6, 6.07) is 6.66. The molecule has 120 valence electrons. The standard InChI is InChI=1S/C14H13FN4O3S/c15-8-2-1-3-9(4-8)17-13(22)7-23-14-18-10(5-11(16)20)6-12(21)19-14/h1-4,6H,5,7H2,(H2,16,20)(H,17,22)(H,18,19,21). The maximum absolute atomic E-state index is 13.0. The summed E-state index contributed by atoms with van der Waals surface area (Å²) in [6.07, 6.45) is -0.160. The zero-order chi connectivity index (χ0) is 16.8. The third-order valence-electron chi connectivity index (χ3n) is 2.58. The molecule has 1 heterocycles. The van der Waals surface area contributed by atoms with Crippen molar-refractivity contribution in [2.24, 2.45) is 5.73 Å². The SMILES string of the molecule is NC(=O)Cc1cc(=O)[nH]c(SCC(=O)Nc2cccc(F)c2)n1. The highest BCUT2D eigenvalue weighted by Crippen LogP contribution is 2.14. The monoisotopic (exact) mass is 336 g/mol. The summed E-state index contributed by atoms with van der Waals surface area (Å²) in [5.41, 5.74) is 5.18. The number of rotatable bonds is 6. The van der Waals surface area contributed by atoms with E-state index in [-0.39, 0.29) is 28.9 Å². The Hall–Kier alpha value is -2.68. The van der Waals surface area contributed by atoms with Crippen LogP contribution in [0.1, 0.15) is 5.69 Å². The fourth-order valence-electron chi connectivity index (χ4n) is 1.72. The zero-order valence-electron chi connectivity index (χ0n) is 11.8. The highest BCUT2D eigenvalue weighted by molar-refractivity contribution is 7.99. The molecule has 2 rings (SSSR count). The number of H-pyrrole nitrogens is 1. The molecular weight excluding hydrogens is 323 g/mol. The molecule has 0 atom stereocenters. The van der Waals surface area contributed by atoms with Crippen LogP contribution in [0, 0.1) is 5.82 Å². The van der Waals surface area contributed by atoms with Gasteiger partial charge in [0.1, 0.15) is 5.82 Å². The van der Waals surface area contributed by atoms with E-state index in [4.69, 9.17) is 5.73 Å². The Morgan fingerprint density at radius 2 is 2.13 bits per heavy atom. The smallest absolute Gasteiger partial charge is 0.251 e. The zero-order valence-corrected chi connectivity index (χ0v) is 12.7. The van der Waals surface area contributed by atoms with Crippen LogP contribution < -0.4 is 16.6 Å². The normalized spacial score (nSPS) is 10.3. The largest absolute Gasteiger partial charge is 0.369 e. The van der Waals surface area contributed by atoms with Crippen LogP contribution in [0.2, 0.25) is 0 Å². The number of hydrogen-bond acceptors (Lipinski definition) is 5. The number of carbonyl (C=O) groups is 2. The van der Waals surface area contributed by atoms with Crippen LogP contribution in [0.3, 0.4) is 0 Å². The number of nitrogens with two attached hydrogens (primary N) is 1. The van der Waals surface area contributed by atoms with Gasteiger partial charge in [0, 0.05) is 11.8 Å². The van der Waals surface area contributed by atoms with Gasteiger partial charge in [0.05, 0.1) is 17.9 Å². The van der Waals surface area contributed by atoms with Crippen molar-refractivity contribution in [1.82, 2.24) is 9.97 Å². The molecule has 0 fully saturated rings. The van der Waals surface area contributed by atoms with Crippen molar-refractivity contribution >= 4 is 29.3 Å². The molecule has 0 aliphatic rings. The lowest BCUT2D eigenvalue weighted by molar-refractivity contribution is -0.117. The lowest BCUT2D eigenvalue weighted by atomic mass is 10.3. The molecule has 0 aliphatic carbocycles. The van der Waals surface area contributed by atoms with Crippen LogP contribution in [0.25, 0.3) is 0 Å². The van der Waals surface area contributed by atoms with Gasteiger partial charge in [-0.2, -0.15) is 0 Å². The molecule has 0 unspecified atom stereocenters. The molecule has 0 radical (unpaired) electrons. The summed E-state index contributed by atoms with van der Waals surface area (Å²) in [4.78, 5) is 40.6. The second-order valence-corrected chi connectivity index (χ2v) is 5.50. The minimum absolute atomic E-state index is 0.0422. The number of nitrogens with zero attached hydrogens (tertiary/aromatic N) is 1. The van der Waals surface area contributed by atoms with E-state index in [1.54, 1.807) is 6.07 Å². The van der Waals surface area contributed by atoms with Gasteiger partial charge >= 0.3 is 0 Å². The quantitative estimate of drug-likeness (QED) is 0.529. The van der Waals surface area contributed by atoms with Gasteiger partial charge in [-0.25, -0.2) is 9.37 Å². The summed E-state index contributed by atoms with van der Waals surface area (Å²) >= 11 is 0.983. The molecule has 0 aliphatic heterocycles. The molecule has 0 saturated carbocycles. The Labute approximate surface area is 134 Å². The highest BCUT2D eigenvalue weighted by Gasteiger charge is 2.08. The van der Waals surface area contributed by atoms with Crippen LogP contribution in [0.4, 0.5) is 10.1 Å². The van der Waals surface area contributed by atoms with Crippen molar-refractivity contribution in [1.29, 1.82) is 0 Å². The number of thioether (sulfide) groups is 1. The van der Waals surface area contributed by atoms with E-state index < -0.39 is 17.3 Å². The van der Waals surface area contributed by atoms with Crippen molar-refractivity contribution in [3.63, 3.8) is 0 Å². The van der Waals surface area contributed by atoms with Gasteiger partial charge < -0.3 is 16.0 Å². The van der Waals surface area contributed by atoms with Gasteiger partial charge in [-0.1, -0.05) is 17.8 Å². The molecule has 0 bridgehead atoms. The van der Waals surface area contributed by atoms with Gasteiger partial charge in [-0.3, -0.25) is 14.4 Å². The Balaban J connectivity index is 1.97. The number of aromatic nitrogens is 2. The Kier molecular flexibility index (Phi) is 5.47. The average molecular weight is 336 g/mol. The number of nitrogens with one attached hydrogen (secondary N) is 2. The number of anilines is 1. The van der Waals surface area contributed by atoms with Crippen molar-refractivity contribution < 1.29 is 14.0 Å². The number of halogens is 1. The summed E-state index contributed by atoms with van der Waals surface area (Å²) < 4.78 is 13.0. The van der Waals surface area contributed by atoms with E-state index in [2.05, 4.69) is 15.3 Å². The maximum Gasteiger partial charge on any atom is 0.251 e. The third kappa shape index (κ3) is 5.55. The number of carbonyl (C=O) groups excluding carboxylic acids is 2. The second kappa shape index (κ2) is 7.54. The first kappa shape index (κ1) is 16.7.